The standard InChI is InChI=1S/C15H12F3NO4/c1-21-9-22-12-4-2-10(8-20)13(6-12)23-14-5-3-11(7-19-14)15(16,17)18/h2-8H,9H2,1H3. The zero-order valence-corrected chi connectivity index (χ0v) is 12.0. The molecule has 0 spiro atoms. The molecule has 0 unspecified atom stereocenters. The zero-order valence-electron chi connectivity index (χ0n) is 12.0. The van der Waals surface area contributed by atoms with Crippen LogP contribution in [0.25, 0.3) is 0 Å². The molecule has 2 aromatic rings. The van der Waals surface area contributed by atoms with Gasteiger partial charge in [-0.15, -0.1) is 0 Å². The van der Waals surface area contributed by atoms with E-state index in [1.54, 1.807) is 0 Å². The summed E-state index contributed by atoms with van der Waals surface area (Å²) in [5.41, 5.74) is -0.686. The molecule has 0 bridgehead atoms. The molecule has 0 aliphatic rings. The predicted octanol–water partition coefficient (Wildman–Crippen LogP) is 3.69. The number of rotatable bonds is 6. The molecule has 0 saturated heterocycles. The highest BCUT2D eigenvalue weighted by Gasteiger charge is 2.30. The maximum absolute atomic E-state index is 12.5. The van der Waals surface area contributed by atoms with Crippen LogP contribution in [0.2, 0.25) is 0 Å². The molecule has 8 heteroatoms. The van der Waals surface area contributed by atoms with Crippen LogP contribution in [0, 0.1) is 0 Å². The molecule has 1 heterocycles. The van der Waals surface area contributed by atoms with Crippen molar-refractivity contribution in [3.63, 3.8) is 0 Å². The highest BCUT2D eigenvalue weighted by Crippen LogP contribution is 2.31. The predicted molar refractivity (Wildman–Crippen MR) is 73.6 cm³/mol. The molecule has 0 atom stereocenters. The van der Waals surface area contributed by atoms with Crippen LogP contribution in [-0.2, 0) is 10.9 Å². The first kappa shape index (κ1) is 16.8. The second kappa shape index (κ2) is 7.10. The summed E-state index contributed by atoms with van der Waals surface area (Å²) in [6, 6.07) is 6.32. The second-order valence-electron chi connectivity index (χ2n) is 4.35. The third kappa shape index (κ3) is 4.43. The average Bonchev–Trinajstić information content (AvgIpc) is 2.53. The van der Waals surface area contributed by atoms with Gasteiger partial charge in [0, 0.05) is 25.4 Å². The van der Waals surface area contributed by atoms with Gasteiger partial charge in [-0.3, -0.25) is 4.79 Å². The topological polar surface area (TPSA) is 57.7 Å². The van der Waals surface area contributed by atoms with Crippen molar-refractivity contribution in [2.24, 2.45) is 0 Å². The molecule has 2 rings (SSSR count). The number of pyridine rings is 1. The van der Waals surface area contributed by atoms with Crippen molar-refractivity contribution in [1.29, 1.82) is 0 Å². The maximum Gasteiger partial charge on any atom is 0.417 e. The molecule has 0 fully saturated rings. The first-order chi connectivity index (χ1) is 10.9. The Kier molecular flexibility index (Phi) is 5.17. The van der Waals surface area contributed by atoms with Gasteiger partial charge in [0.15, 0.2) is 13.1 Å². The molecule has 0 aliphatic carbocycles. The molecule has 0 radical (unpaired) electrons. The molecule has 5 nitrogen and oxygen atoms in total. The van der Waals surface area contributed by atoms with Crippen LogP contribution in [-0.4, -0.2) is 25.2 Å². The van der Waals surface area contributed by atoms with Crippen LogP contribution < -0.4 is 9.47 Å². The fourth-order valence-corrected chi connectivity index (χ4v) is 1.64. The summed E-state index contributed by atoms with van der Waals surface area (Å²) in [4.78, 5) is 14.6. The molecular weight excluding hydrogens is 315 g/mol. The number of ether oxygens (including phenoxy) is 3. The van der Waals surface area contributed by atoms with E-state index in [4.69, 9.17) is 14.2 Å². The fourth-order valence-electron chi connectivity index (χ4n) is 1.64. The number of halogens is 3. The van der Waals surface area contributed by atoms with Crippen molar-refractivity contribution in [2.75, 3.05) is 13.9 Å². The van der Waals surface area contributed by atoms with Gasteiger partial charge < -0.3 is 14.2 Å². The summed E-state index contributed by atoms with van der Waals surface area (Å²) < 4.78 is 52.8. The second-order valence-corrected chi connectivity index (χ2v) is 4.35. The number of methoxy groups -OCH3 is 1. The third-order valence-corrected chi connectivity index (χ3v) is 2.73. The van der Waals surface area contributed by atoms with Gasteiger partial charge in [0.05, 0.1) is 11.1 Å². The summed E-state index contributed by atoms with van der Waals surface area (Å²) in [7, 11) is 1.45. The number of nitrogens with zero attached hydrogens (tertiary/aromatic N) is 1. The normalized spacial score (nSPS) is 11.1. The number of carbonyl (C=O) groups is 1. The molecule has 23 heavy (non-hydrogen) atoms. The Morgan fingerprint density at radius 3 is 2.57 bits per heavy atom. The van der Waals surface area contributed by atoms with E-state index in [-0.39, 0.29) is 24.0 Å². The number of aromatic nitrogens is 1. The number of alkyl halides is 3. The highest BCUT2D eigenvalue weighted by molar-refractivity contribution is 5.80. The largest absolute Gasteiger partial charge is 0.467 e. The van der Waals surface area contributed by atoms with Gasteiger partial charge in [0.1, 0.15) is 11.5 Å². The van der Waals surface area contributed by atoms with Crippen LogP contribution in [0.1, 0.15) is 15.9 Å². The summed E-state index contributed by atoms with van der Waals surface area (Å²) in [5, 5.41) is 0. The molecule has 1 aromatic carbocycles. The van der Waals surface area contributed by atoms with Crippen molar-refractivity contribution in [1.82, 2.24) is 4.98 Å². The van der Waals surface area contributed by atoms with E-state index in [0.29, 0.717) is 18.2 Å². The van der Waals surface area contributed by atoms with E-state index < -0.39 is 11.7 Å². The Bertz CT molecular complexity index is 671. The van der Waals surface area contributed by atoms with Gasteiger partial charge in [-0.05, 0) is 18.2 Å². The van der Waals surface area contributed by atoms with E-state index >= 15 is 0 Å². The Labute approximate surface area is 129 Å². The number of hydrogen-bond acceptors (Lipinski definition) is 5. The summed E-state index contributed by atoms with van der Waals surface area (Å²) in [6.45, 7) is -0.00158. The monoisotopic (exact) mass is 327 g/mol. The smallest absolute Gasteiger partial charge is 0.417 e. The minimum Gasteiger partial charge on any atom is -0.467 e. The van der Waals surface area contributed by atoms with Crippen LogP contribution in [0.15, 0.2) is 36.5 Å². The number of benzene rings is 1. The van der Waals surface area contributed by atoms with Crippen molar-refractivity contribution in [2.45, 2.75) is 6.18 Å². The maximum atomic E-state index is 12.5. The molecule has 0 N–H and O–H groups in total. The number of hydrogen-bond donors (Lipinski definition) is 0. The van der Waals surface area contributed by atoms with Gasteiger partial charge in [0.2, 0.25) is 5.88 Å². The van der Waals surface area contributed by atoms with E-state index in [2.05, 4.69) is 4.98 Å². The van der Waals surface area contributed by atoms with E-state index in [0.717, 1.165) is 12.1 Å². The Morgan fingerprint density at radius 1 is 1.22 bits per heavy atom. The van der Waals surface area contributed by atoms with Crippen molar-refractivity contribution in [3.8, 4) is 17.4 Å². The lowest BCUT2D eigenvalue weighted by molar-refractivity contribution is -0.137. The minimum absolute atomic E-state index is 0.00158. The number of aldehydes is 1. The molecule has 0 amide bonds. The Balaban J connectivity index is 2.22. The minimum atomic E-state index is -4.48. The fraction of sp³-hybridized carbons (Fsp3) is 0.200. The van der Waals surface area contributed by atoms with Crippen LogP contribution in [0.3, 0.4) is 0 Å². The third-order valence-electron chi connectivity index (χ3n) is 2.73. The molecular formula is C15H12F3NO4. The van der Waals surface area contributed by atoms with E-state index in [1.807, 2.05) is 0 Å². The SMILES string of the molecule is COCOc1ccc(C=O)c(Oc2ccc(C(F)(F)F)cn2)c1. The van der Waals surface area contributed by atoms with Gasteiger partial charge in [-0.1, -0.05) is 0 Å². The van der Waals surface area contributed by atoms with Gasteiger partial charge in [0.25, 0.3) is 0 Å². The van der Waals surface area contributed by atoms with Crippen molar-refractivity contribution >= 4 is 6.29 Å². The molecule has 122 valence electrons. The Hall–Kier alpha value is -2.61. The van der Waals surface area contributed by atoms with Gasteiger partial charge >= 0.3 is 6.18 Å². The summed E-state index contributed by atoms with van der Waals surface area (Å²) >= 11 is 0. The first-order valence-electron chi connectivity index (χ1n) is 6.36. The molecule has 1 aromatic heterocycles. The first-order valence-corrected chi connectivity index (χ1v) is 6.36. The van der Waals surface area contributed by atoms with Crippen molar-refractivity contribution < 1.29 is 32.2 Å². The molecule has 0 aliphatic heterocycles. The van der Waals surface area contributed by atoms with Crippen LogP contribution in [0.4, 0.5) is 13.2 Å². The Morgan fingerprint density at radius 2 is 2.00 bits per heavy atom. The quantitative estimate of drug-likeness (QED) is 0.598. The lowest BCUT2D eigenvalue weighted by Gasteiger charge is -2.11. The number of carbonyl (C=O) groups excluding carboxylic acids is 1. The van der Waals surface area contributed by atoms with E-state index in [1.165, 1.54) is 25.3 Å². The van der Waals surface area contributed by atoms with Gasteiger partial charge in [-0.25, -0.2) is 4.98 Å². The van der Waals surface area contributed by atoms with E-state index in [9.17, 15) is 18.0 Å². The van der Waals surface area contributed by atoms with Crippen molar-refractivity contribution in [3.05, 3.63) is 47.7 Å². The average molecular weight is 327 g/mol. The zero-order chi connectivity index (χ0) is 16.9. The van der Waals surface area contributed by atoms with Crippen LogP contribution >= 0.6 is 0 Å². The van der Waals surface area contributed by atoms with Crippen LogP contribution in [0.5, 0.6) is 17.4 Å². The highest BCUT2D eigenvalue weighted by atomic mass is 19.4. The molecule has 0 saturated carbocycles. The summed E-state index contributed by atoms with van der Waals surface area (Å²) in [5.74, 6) is 0.408. The van der Waals surface area contributed by atoms with Gasteiger partial charge in [-0.2, -0.15) is 13.2 Å². The lowest BCUT2D eigenvalue weighted by atomic mass is 10.2. The summed E-state index contributed by atoms with van der Waals surface area (Å²) in [6.07, 6.45) is -3.27. The lowest BCUT2D eigenvalue weighted by Crippen LogP contribution is -2.05.